The van der Waals surface area contributed by atoms with Crippen LogP contribution in [0.4, 0.5) is 4.39 Å². The first-order valence-electron chi connectivity index (χ1n) is 9.87. The number of likely N-dealkylation sites (N-methyl/N-ethyl adjacent to an activating group) is 1. The van der Waals surface area contributed by atoms with Crippen LogP contribution in [-0.2, 0) is 11.3 Å². The topological polar surface area (TPSA) is 12.5 Å². The van der Waals surface area contributed by atoms with Crippen molar-refractivity contribution in [1.82, 2.24) is 4.90 Å². The summed E-state index contributed by atoms with van der Waals surface area (Å²) in [5.74, 6) is 0. The van der Waals surface area contributed by atoms with E-state index < -0.39 is 12.8 Å². The third-order valence-electron chi connectivity index (χ3n) is 4.94. The van der Waals surface area contributed by atoms with Crippen LogP contribution in [0.1, 0.15) is 29.7 Å². The van der Waals surface area contributed by atoms with Gasteiger partial charge in [-0.3, -0.25) is 4.90 Å². The lowest BCUT2D eigenvalue weighted by Gasteiger charge is -2.34. The fraction of sp³-hybridized carbons (Fsp3) is 0.280. The Labute approximate surface area is 167 Å². The Kier molecular flexibility index (Phi) is 7.77. The fourth-order valence-corrected chi connectivity index (χ4v) is 3.50. The van der Waals surface area contributed by atoms with Crippen molar-refractivity contribution in [2.45, 2.75) is 25.7 Å². The van der Waals surface area contributed by atoms with E-state index in [9.17, 15) is 4.39 Å². The zero-order valence-corrected chi connectivity index (χ0v) is 16.4. The monoisotopic (exact) mass is 377 g/mol. The molecule has 0 bridgehead atoms. The predicted molar refractivity (Wildman–Crippen MR) is 113 cm³/mol. The second kappa shape index (κ2) is 10.7. The van der Waals surface area contributed by atoms with Crippen LogP contribution in [-0.4, -0.2) is 30.8 Å². The second-order valence-electron chi connectivity index (χ2n) is 6.88. The summed E-state index contributed by atoms with van der Waals surface area (Å²) in [5.41, 5.74) is 3.47. The van der Waals surface area contributed by atoms with Crippen molar-refractivity contribution in [3.63, 3.8) is 0 Å². The van der Waals surface area contributed by atoms with E-state index in [-0.39, 0.29) is 6.04 Å². The van der Waals surface area contributed by atoms with E-state index in [1.165, 1.54) is 11.1 Å². The molecule has 3 aromatic carbocycles. The zero-order chi connectivity index (χ0) is 19.6. The standard InChI is InChI=1S/C25H28FNO/c1-2-27(19-24(18-26)28-20-21-12-6-3-7-13-21)25(22-14-8-4-9-15-22)23-16-10-5-11-17-23/h3-17,24-25H,2,18-20H2,1H3/t24-/m1/s1. The lowest BCUT2D eigenvalue weighted by atomic mass is 9.96. The summed E-state index contributed by atoms with van der Waals surface area (Å²) in [7, 11) is 0. The molecule has 0 aromatic heterocycles. The lowest BCUT2D eigenvalue weighted by Crippen LogP contribution is -2.38. The molecular weight excluding hydrogens is 349 g/mol. The van der Waals surface area contributed by atoms with Crippen LogP contribution >= 0.6 is 0 Å². The minimum absolute atomic E-state index is 0.0711. The minimum Gasteiger partial charge on any atom is -0.369 e. The van der Waals surface area contributed by atoms with Gasteiger partial charge in [-0.15, -0.1) is 0 Å². The Bertz CT molecular complexity index is 755. The first kappa shape index (κ1) is 20.2. The Hall–Kier alpha value is -2.49. The normalized spacial score (nSPS) is 12.4. The summed E-state index contributed by atoms with van der Waals surface area (Å²) in [6.07, 6.45) is -0.463. The molecule has 1 atom stereocenters. The van der Waals surface area contributed by atoms with Gasteiger partial charge in [-0.25, -0.2) is 4.39 Å². The highest BCUT2D eigenvalue weighted by Gasteiger charge is 2.24. The van der Waals surface area contributed by atoms with Gasteiger partial charge < -0.3 is 4.74 Å². The van der Waals surface area contributed by atoms with Gasteiger partial charge in [0, 0.05) is 6.54 Å². The molecule has 2 nitrogen and oxygen atoms in total. The van der Waals surface area contributed by atoms with Gasteiger partial charge in [-0.05, 0) is 23.2 Å². The van der Waals surface area contributed by atoms with Crippen molar-refractivity contribution < 1.29 is 9.13 Å². The third-order valence-corrected chi connectivity index (χ3v) is 4.94. The number of hydrogen-bond acceptors (Lipinski definition) is 2. The van der Waals surface area contributed by atoms with Gasteiger partial charge >= 0.3 is 0 Å². The van der Waals surface area contributed by atoms with E-state index in [1.807, 2.05) is 42.5 Å². The molecule has 3 rings (SSSR count). The molecule has 0 N–H and O–H groups in total. The molecular formula is C25H28FNO. The molecule has 0 saturated carbocycles. The van der Waals surface area contributed by atoms with Crippen molar-refractivity contribution in [2.24, 2.45) is 0 Å². The maximum atomic E-state index is 13.8. The van der Waals surface area contributed by atoms with E-state index in [2.05, 4.69) is 60.4 Å². The Morgan fingerprint density at radius 1 is 0.786 bits per heavy atom. The number of rotatable bonds is 10. The van der Waals surface area contributed by atoms with E-state index in [1.54, 1.807) is 0 Å². The summed E-state index contributed by atoms with van der Waals surface area (Å²) < 4.78 is 19.7. The van der Waals surface area contributed by atoms with Crippen LogP contribution in [0.2, 0.25) is 0 Å². The Balaban J connectivity index is 1.77. The Morgan fingerprint density at radius 2 is 1.29 bits per heavy atom. The van der Waals surface area contributed by atoms with Gasteiger partial charge in [-0.2, -0.15) is 0 Å². The molecule has 0 aliphatic rings. The SMILES string of the molecule is CCN(C[C@@H](CF)OCc1ccccc1)C(c1ccccc1)c1ccccc1. The van der Waals surface area contributed by atoms with Gasteiger partial charge in [0.05, 0.1) is 18.8 Å². The van der Waals surface area contributed by atoms with Gasteiger partial charge in [0.2, 0.25) is 0 Å². The number of hydrogen-bond donors (Lipinski definition) is 0. The summed E-state index contributed by atoms with van der Waals surface area (Å²) in [5, 5.41) is 0. The summed E-state index contributed by atoms with van der Waals surface area (Å²) in [6, 6.07) is 30.8. The molecule has 3 heteroatoms. The first-order chi connectivity index (χ1) is 13.8. The summed E-state index contributed by atoms with van der Waals surface area (Å²) in [6.45, 7) is 3.38. The lowest BCUT2D eigenvalue weighted by molar-refractivity contribution is -0.00355. The van der Waals surface area contributed by atoms with Crippen molar-refractivity contribution >= 4 is 0 Å². The smallest absolute Gasteiger partial charge is 0.117 e. The number of benzene rings is 3. The van der Waals surface area contributed by atoms with Crippen LogP contribution in [0.3, 0.4) is 0 Å². The number of halogens is 1. The van der Waals surface area contributed by atoms with Crippen molar-refractivity contribution in [3.05, 3.63) is 108 Å². The zero-order valence-electron chi connectivity index (χ0n) is 16.4. The molecule has 0 radical (unpaired) electrons. The number of nitrogens with zero attached hydrogens (tertiary/aromatic N) is 1. The number of ether oxygens (including phenoxy) is 1. The summed E-state index contributed by atoms with van der Waals surface area (Å²) >= 11 is 0. The molecule has 0 fully saturated rings. The van der Waals surface area contributed by atoms with Crippen molar-refractivity contribution in [1.29, 1.82) is 0 Å². The minimum atomic E-state index is -0.500. The molecule has 0 aliphatic carbocycles. The van der Waals surface area contributed by atoms with Gasteiger partial charge in [-0.1, -0.05) is 97.9 Å². The van der Waals surface area contributed by atoms with E-state index in [4.69, 9.17) is 4.74 Å². The molecule has 0 amide bonds. The van der Waals surface area contributed by atoms with E-state index in [0.29, 0.717) is 13.2 Å². The summed E-state index contributed by atoms with van der Waals surface area (Å²) in [4.78, 5) is 2.29. The first-order valence-corrected chi connectivity index (χ1v) is 9.87. The van der Waals surface area contributed by atoms with Crippen molar-refractivity contribution in [3.8, 4) is 0 Å². The van der Waals surface area contributed by atoms with Crippen LogP contribution in [0, 0.1) is 0 Å². The predicted octanol–water partition coefficient (Wildman–Crippen LogP) is 5.65. The molecule has 0 saturated heterocycles. The van der Waals surface area contributed by atoms with Crippen LogP contribution in [0.5, 0.6) is 0 Å². The van der Waals surface area contributed by atoms with Gasteiger partial charge in [0.1, 0.15) is 6.67 Å². The quantitative estimate of drug-likeness (QED) is 0.452. The van der Waals surface area contributed by atoms with Crippen LogP contribution in [0.15, 0.2) is 91.0 Å². The second-order valence-corrected chi connectivity index (χ2v) is 6.88. The molecule has 0 spiro atoms. The highest BCUT2D eigenvalue weighted by atomic mass is 19.1. The maximum Gasteiger partial charge on any atom is 0.117 e. The molecule has 28 heavy (non-hydrogen) atoms. The highest BCUT2D eigenvalue weighted by molar-refractivity contribution is 5.31. The van der Waals surface area contributed by atoms with Crippen LogP contribution < -0.4 is 0 Å². The Morgan fingerprint density at radius 3 is 1.75 bits per heavy atom. The molecule has 0 heterocycles. The van der Waals surface area contributed by atoms with E-state index >= 15 is 0 Å². The largest absolute Gasteiger partial charge is 0.369 e. The van der Waals surface area contributed by atoms with Crippen molar-refractivity contribution in [2.75, 3.05) is 19.8 Å². The van der Waals surface area contributed by atoms with Gasteiger partial charge in [0.25, 0.3) is 0 Å². The van der Waals surface area contributed by atoms with Gasteiger partial charge in [0.15, 0.2) is 0 Å². The molecule has 0 aliphatic heterocycles. The fourth-order valence-electron chi connectivity index (χ4n) is 3.50. The van der Waals surface area contributed by atoms with Crippen LogP contribution in [0.25, 0.3) is 0 Å². The molecule has 146 valence electrons. The molecule has 0 unspecified atom stereocenters. The maximum absolute atomic E-state index is 13.8. The highest BCUT2D eigenvalue weighted by Crippen LogP contribution is 2.29. The average molecular weight is 378 g/mol. The third kappa shape index (κ3) is 5.51. The number of alkyl halides is 1. The van der Waals surface area contributed by atoms with E-state index in [0.717, 1.165) is 12.1 Å². The molecule has 3 aromatic rings. The average Bonchev–Trinajstić information content (AvgIpc) is 2.78.